The zero-order valence-corrected chi connectivity index (χ0v) is 13.4. The quantitative estimate of drug-likeness (QED) is 0.381. The van der Waals surface area contributed by atoms with Crippen LogP contribution in [0.2, 0.25) is 0 Å². The van der Waals surface area contributed by atoms with Crippen LogP contribution in [0.25, 0.3) is 0 Å². The van der Waals surface area contributed by atoms with E-state index in [4.69, 9.17) is 15.7 Å². The van der Waals surface area contributed by atoms with Crippen molar-refractivity contribution in [2.24, 2.45) is 22.7 Å². The van der Waals surface area contributed by atoms with E-state index in [0.717, 1.165) is 29.0 Å². The topological polar surface area (TPSA) is 67.8 Å². The van der Waals surface area contributed by atoms with Gasteiger partial charge >= 0.3 is 0 Å². The van der Waals surface area contributed by atoms with Crippen LogP contribution in [0.3, 0.4) is 0 Å². The smallest absolute Gasteiger partial charge is 0.171 e. The predicted molar refractivity (Wildman–Crippen MR) is 83.2 cm³/mol. The predicted octanol–water partition coefficient (Wildman–Crippen LogP) is 3.75. The molecule has 1 aliphatic rings. The third-order valence-corrected chi connectivity index (χ3v) is 4.83. The van der Waals surface area contributed by atoms with Crippen molar-refractivity contribution in [2.75, 3.05) is 0 Å². The average Bonchev–Trinajstić information content (AvgIpc) is 2.42. The average molecular weight is 341 g/mol. The number of rotatable bonds is 3. The van der Waals surface area contributed by atoms with E-state index in [-0.39, 0.29) is 11.9 Å². The minimum absolute atomic E-state index is 0.0866. The van der Waals surface area contributed by atoms with Gasteiger partial charge in [-0.15, -0.1) is 0 Å². The first kappa shape index (κ1) is 15.2. The van der Waals surface area contributed by atoms with E-state index in [1.807, 2.05) is 12.1 Å². The fourth-order valence-electron chi connectivity index (χ4n) is 2.63. The van der Waals surface area contributed by atoms with Crippen molar-refractivity contribution in [1.29, 1.82) is 0 Å². The first-order chi connectivity index (χ1) is 9.51. The van der Waals surface area contributed by atoms with Gasteiger partial charge in [0.1, 0.15) is 5.75 Å². The molecule has 3 N–H and O–H groups in total. The number of oxime groups is 1. The molecule has 1 aliphatic carbocycles. The lowest BCUT2D eigenvalue weighted by molar-refractivity contribution is 0.101. The molecule has 5 heteroatoms. The van der Waals surface area contributed by atoms with E-state index in [2.05, 4.69) is 34.9 Å². The van der Waals surface area contributed by atoms with E-state index < -0.39 is 0 Å². The Morgan fingerprint density at radius 3 is 2.70 bits per heavy atom. The molecule has 1 aromatic rings. The summed E-state index contributed by atoms with van der Waals surface area (Å²) in [4.78, 5) is 0. The summed E-state index contributed by atoms with van der Waals surface area (Å²) in [5, 5.41) is 11.7. The summed E-state index contributed by atoms with van der Waals surface area (Å²) in [6.45, 7) is 4.60. The third kappa shape index (κ3) is 3.45. The molecule has 1 aromatic carbocycles. The lowest BCUT2D eigenvalue weighted by Crippen LogP contribution is -2.28. The fourth-order valence-corrected chi connectivity index (χ4v) is 3.19. The Morgan fingerprint density at radius 2 is 2.10 bits per heavy atom. The number of amidine groups is 1. The van der Waals surface area contributed by atoms with Crippen molar-refractivity contribution in [3.05, 3.63) is 28.2 Å². The second kappa shape index (κ2) is 6.48. The number of halogens is 1. The Labute approximate surface area is 128 Å². The first-order valence-electron chi connectivity index (χ1n) is 6.95. The number of nitrogens with two attached hydrogens (primary N) is 1. The van der Waals surface area contributed by atoms with Gasteiger partial charge in [0.2, 0.25) is 0 Å². The zero-order chi connectivity index (χ0) is 14.7. The minimum atomic E-state index is 0.0866. The summed E-state index contributed by atoms with van der Waals surface area (Å²) in [7, 11) is 0. The van der Waals surface area contributed by atoms with Crippen LogP contribution in [-0.4, -0.2) is 17.1 Å². The Morgan fingerprint density at radius 1 is 1.35 bits per heavy atom. The maximum atomic E-state index is 8.71. The van der Waals surface area contributed by atoms with E-state index in [0.29, 0.717) is 11.5 Å². The summed E-state index contributed by atoms with van der Waals surface area (Å²) in [5.41, 5.74) is 6.25. The molecule has 20 heavy (non-hydrogen) atoms. The molecule has 0 amide bonds. The number of nitrogens with zero attached hydrogens (tertiary/aromatic N) is 1. The summed E-state index contributed by atoms with van der Waals surface area (Å²) in [6.07, 6.45) is 3.70. The van der Waals surface area contributed by atoms with E-state index >= 15 is 0 Å². The van der Waals surface area contributed by atoms with E-state index in [9.17, 15) is 0 Å². The lowest BCUT2D eigenvalue weighted by Gasteiger charge is -2.32. The molecular weight excluding hydrogens is 320 g/mol. The fraction of sp³-hybridized carbons (Fsp3) is 0.533. The van der Waals surface area contributed by atoms with Gasteiger partial charge in [0.05, 0.1) is 6.10 Å². The van der Waals surface area contributed by atoms with Gasteiger partial charge in [-0.3, -0.25) is 0 Å². The van der Waals surface area contributed by atoms with Crippen LogP contribution in [0.5, 0.6) is 5.75 Å². The molecule has 110 valence electrons. The summed E-state index contributed by atoms with van der Waals surface area (Å²) < 4.78 is 6.82. The van der Waals surface area contributed by atoms with Gasteiger partial charge in [0.25, 0.3) is 0 Å². The summed E-state index contributed by atoms with van der Waals surface area (Å²) >= 11 is 3.42. The van der Waals surface area contributed by atoms with Crippen molar-refractivity contribution < 1.29 is 9.94 Å². The van der Waals surface area contributed by atoms with Crippen molar-refractivity contribution in [3.8, 4) is 5.75 Å². The highest BCUT2D eigenvalue weighted by Crippen LogP contribution is 2.32. The van der Waals surface area contributed by atoms with Crippen LogP contribution in [0.15, 0.2) is 27.8 Å². The molecule has 0 radical (unpaired) electrons. The van der Waals surface area contributed by atoms with Crippen LogP contribution in [0.4, 0.5) is 0 Å². The molecule has 2 rings (SSSR count). The molecule has 0 aromatic heterocycles. The van der Waals surface area contributed by atoms with Crippen LogP contribution >= 0.6 is 15.9 Å². The zero-order valence-electron chi connectivity index (χ0n) is 11.8. The second-order valence-electron chi connectivity index (χ2n) is 5.63. The number of ether oxygens (including phenoxy) is 1. The number of hydrogen-bond acceptors (Lipinski definition) is 3. The maximum Gasteiger partial charge on any atom is 0.171 e. The standard InChI is InChI=1S/C15H21BrN2O2/c1-9-3-4-11(7-10(9)2)20-12-5-6-13(14(16)8-12)15(17)18-19/h5-6,8-11,19H,3-4,7H2,1-2H3,(H2,17,18). The molecule has 4 nitrogen and oxygen atoms in total. The minimum Gasteiger partial charge on any atom is -0.490 e. The van der Waals surface area contributed by atoms with E-state index in [1.165, 1.54) is 6.42 Å². The molecule has 0 heterocycles. The van der Waals surface area contributed by atoms with Crippen LogP contribution in [-0.2, 0) is 0 Å². The van der Waals surface area contributed by atoms with Crippen LogP contribution < -0.4 is 10.5 Å². The largest absolute Gasteiger partial charge is 0.490 e. The normalized spacial score (nSPS) is 27.4. The van der Waals surface area contributed by atoms with Crippen molar-refractivity contribution in [3.63, 3.8) is 0 Å². The molecule has 3 atom stereocenters. The lowest BCUT2D eigenvalue weighted by atomic mass is 9.80. The highest BCUT2D eigenvalue weighted by molar-refractivity contribution is 9.10. The van der Waals surface area contributed by atoms with Gasteiger partial charge in [0, 0.05) is 10.0 Å². The van der Waals surface area contributed by atoms with Gasteiger partial charge in [-0.05, 0) is 65.2 Å². The summed E-state index contributed by atoms with van der Waals surface area (Å²) in [6, 6.07) is 5.53. The molecule has 1 fully saturated rings. The molecule has 0 aliphatic heterocycles. The van der Waals surface area contributed by atoms with Crippen LogP contribution in [0, 0.1) is 11.8 Å². The van der Waals surface area contributed by atoms with Crippen molar-refractivity contribution in [1.82, 2.24) is 0 Å². The van der Waals surface area contributed by atoms with Crippen molar-refractivity contribution in [2.45, 2.75) is 39.2 Å². The molecule has 0 spiro atoms. The van der Waals surface area contributed by atoms with E-state index in [1.54, 1.807) is 6.07 Å². The maximum absolute atomic E-state index is 8.71. The molecule has 1 saturated carbocycles. The SMILES string of the molecule is CC1CCC(Oc2ccc(/C(N)=N/O)c(Br)c2)CC1C. The molecule has 3 unspecified atom stereocenters. The highest BCUT2D eigenvalue weighted by atomic mass is 79.9. The molecular formula is C15H21BrN2O2. The van der Waals surface area contributed by atoms with Gasteiger partial charge in [-0.25, -0.2) is 0 Å². The Bertz CT molecular complexity index is 505. The Kier molecular flexibility index (Phi) is 4.91. The Balaban J connectivity index is 2.06. The van der Waals surface area contributed by atoms with Gasteiger partial charge < -0.3 is 15.7 Å². The van der Waals surface area contributed by atoms with Crippen molar-refractivity contribution >= 4 is 21.8 Å². The van der Waals surface area contributed by atoms with Gasteiger partial charge in [-0.2, -0.15) is 0 Å². The van der Waals surface area contributed by atoms with Crippen LogP contribution in [0.1, 0.15) is 38.7 Å². The third-order valence-electron chi connectivity index (χ3n) is 4.18. The summed E-state index contributed by atoms with van der Waals surface area (Å²) in [5.74, 6) is 2.39. The number of hydrogen-bond donors (Lipinski definition) is 2. The number of benzene rings is 1. The Hall–Kier alpha value is -1.23. The monoisotopic (exact) mass is 340 g/mol. The molecule has 0 saturated heterocycles. The van der Waals surface area contributed by atoms with Gasteiger partial charge in [-0.1, -0.05) is 19.0 Å². The second-order valence-corrected chi connectivity index (χ2v) is 6.49. The van der Waals surface area contributed by atoms with Gasteiger partial charge in [0.15, 0.2) is 5.84 Å². The first-order valence-corrected chi connectivity index (χ1v) is 7.74. The highest BCUT2D eigenvalue weighted by Gasteiger charge is 2.25. The molecule has 0 bridgehead atoms.